The highest BCUT2D eigenvalue weighted by molar-refractivity contribution is 5.76. The Kier molecular flexibility index (Phi) is 5.58. The van der Waals surface area contributed by atoms with Crippen LogP contribution in [0.15, 0.2) is 28.8 Å². The molecule has 0 aliphatic heterocycles. The number of nitrogens with zero attached hydrogens (tertiary/aromatic N) is 2. The predicted octanol–water partition coefficient (Wildman–Crippen LogP) is 3.60. The Morgan fingerprint density at radius 2 is 2.12 bits per heavy atom. The zero-order valence-corrected chi connectivity index (χ0v) is 13.4. The average Bonchev–Trinajstić information content (AvgIpc) is 3.01. The second-order valence-electron chi connectivity index (χ2n) is 5.47. The third-order valence-electron chi connectivity index (χ3n) is 3.50. The predicted molar refractivity (Wildman–Crippen MR) is 81.0 cm³/mol. The number of halogens is 3. The van der Waals surface area contributed by atoms with Gasteiger partial charge in [0.1, 0.15) is 0 Å². The highest BCUT2D eigenvalue weighted by Crippen LogP contribution is 2.31. The third kappa shape index (κ3) is 4.81. The lowest BCUT2D eigenvalue weighted by molar-refractivity contribution is -0.137. The van der Waals surface area contributed by atoms with Crippen molar-refractivity contribution in [2.45, 2.75) is 45.3 Å². The lowest BCUT2D eigenvalue weighted by atomic mass is 10.1. The van der Waals surface area contributed by atoms with Crippen molar-refractivity contribution in [3.8, 4) is 11.4 Å². The molecule has 1 aromatic heterocycles. The molecular formula is C16H18F3N3O2. The highest BCUT2D eigenvalue weighted by atomic mass is 19.4. The molecule has 0 saturated heterocycles. The summed E-state index contributed by atoms with van der Waals surface area (Å²) < 4.78 is 43.2. The number of benzene rings is 1. The number of aromatic nitrogens is 2. The summed E-state index contributed by atoms with van der Waals surface area (Å²) in [5.74, 6) is 0.142. The van der Waals surface area contributed by atoms with Crippen LogP contribution in [-0.2, 0) is 17.4 Å². The normalized spacial score (nSPS) is 12.9. The fourth-order valence-corrected chi connectivity index (χ4v) is 1.98. The molecule has 0 fully saturated rings. The van der Waals surface area contributed by atoms with Gasteiger partial charge in [-0.25, -0.2) is 0 Å². The van der Waals surface area contributed by atoms with Gasteiger partial charge in [-0.15, -0.1) is 0 Å². The smallest absolute Gasteiger partial charge is 0.354 e. The van der Waals surface area contributed by atoms with E-state index in [1.165, 1.54) is 12.1 Å². The number of hydrogen-bond acceptors (Lipinski definition) is 4. The summed E-state index contributed by atoms with van der Waals surface area (Å²) in [6, 6.07) is 4.78. The Morgan fingerprint density at radius 3 is 2.79 bits per heavy atom. The van der Waals surface area contributed by atoms with Crippen molar-refractivity contribution >= 4 is 5.91 Å². The van der Waals surface area contributed by atoms with Gasteiger partial charge in [0.2, 0.25) is 17.6 Å². The van der Waals surface area contributed by atoms with Crippen LogP contribution < -0.4 is 5.32 Å². The summed E-state index contributed by atoms with van der Waals surface area (Å²) in [6.45, 7) is 3.86. The van der Waals surface area contributed by atoms with Crippen LogP contribution in [0.1, 0.15) is 38.1 Å². The first-order chi connectivity index (χ1) is 11.3. The molecular weight excluding hydrogens is 323 g/mol. The number of alkyl halides is 3. The van der Waals surface area contributed by atoms with E-state index in [1.54, 1.807) is 0 Å². The standard InChI is InChI=1S/C16H18F3N3O2/c1-3-10(2)20-13(23)7-8-14-21-15(22-24-14)11-5-4-6-12(9-11)16(17,18)19/h4-6,9-10H,3,7-8H2,1-2H3,(H,20,23). The van der Waals surface area contributed by atoms with E-state index in [-0.39, 0.29) is 42.1 Å². The fraction of sp³-hybridized carbons (Fsp3) is 0.438. The molecule has 1 atom stereocenters. The molecule has 0 aliphatic carbocycles. The van der Waals surface area contributed by atoms with Crippen molar-refractivity contribution in [3.05, 3.63) is 35.7 Å². The molecule has 1 unspecified atom stereocenters. The van der Waals surface area contributed by atoms with Gasteiger partial charge in [-0.3, -0.25) is 4.79 Å². The number of hydrogen-bond donors (Lipinski definition) is 1. The number of rotatable bonds is 6. The minimum atomic E-state index is -4.43. The minimum absolute atomic E-state index is 0.0680. The van der Waals surface area contributed by atoms with E-state index >= 15 is 0 Å². The van der Waals surface area contributed by atoms with Gasteiger partial charge < -0.3 is 9.84 Å². The fourth-order valence-electron chi connectivity index (χ4n) is 1.98. The van der Waals surface area contributed by atoms with E-state index in [0.717, 1.165) is 18.6 Å². The van der Waals surface area contributed by atoms with Crippen molar-refractivity contribution in [2.75, 3.05) is 0 Å². The zero-order valence-electron chi connectivity index (χ0n) is 13.4. The lowest BCUT2D eigenvalue weighted by Crippen LogP contribution is -2.32. The highest BCUT2D eigenvalue weighted by Gasteiger charge is 2.30. The maximum atomic E-state index is 12.7. The van der Waals surface area contributed by atoms with Crippen LogP contribution in [0, 0.1) is 0 Å². The van der Waals surface area contributed by atoms with Gasteiger partial charge in [-0.2, -0.15) is 18.2 Å². The molecule has 5 nitrogen and oxygen atoms in total. The Bertz CT molecular complexity index is 698. The van der Waals surface area contributed by atoms with Crippen LogP contribution in [-0.4, -0.2) is 22.1 Å². The van der Waals surface area contributed by atoms with Crippen molar-refractivity contribution in [1.29, 1.82) is 0 Å². The molecule has 1 N–H and O–H groups in total. The summed E-state index contributed by atoms with van der Waals surface area (Å²) in [6.07, 6.45) is -3.20. The average molecular weight is 341 g/mol. The van der Waals surface area contributed by atoms with Crippen molar-refractivity contribution in [3.63, 3.8) is 0 Å². The van der Waals surface area contributed by atoms with E-state index in [2.05, 4.69) is 15.5 Å². The van der Waals surface area contributed by atoms with Gasteiger partial charge in [0, 0.05) is 24.4 Å². The number of nitrogens with one attached hydrogen (secondary N) is 1. The van der Waals surface area contributed by atoms with Crippen LogP contribution in [0.3, 0.4) is 0 Å². The summed E-state index contributed by atoms with van der Waals surface area (Å²) >= 11 is 0. The summed E-state index contributed by atoms with van der Waals surface area (Å²) in [5, 5.41) is 6.49. The number of carbonyl (C=O) groups excluding carboxylic acids is 1. The second-order valence-corrected chi connectivity index (χ2v) is 5.47. The number of carbonyl (C=O) groups is 1. The van der Waals surface area contributed by atoms with Crippen LogP contribution in [0.4, 0.5) is 13.2 Å². The van der Waals surface area contributed by atoms with Gasteiger partial charge in [-0.1, -0.05) is 24.2 Å². The van der Waals surface area contributed by atoms with Gasteiger partial charge in [0.15, 0.2) is 0 Å². The minimum Gasteiger partial charge on any atom is -0.354 e. The Morgan fingerprint density at radius 1 is 1.38 bits per heavy atom. The van der Waals surface area contributed by atoms with E-state index < -0.39 is 11.7 Å². The monoisotopic (exact) mass is 341 g/mol. The lowest BCUT2D eigenvalue weighted by Gasteiger charge is -2.10. The molecule has 0 radical (unpaired) electrons. The maximum absolute atomic E-state index is 12.7. The van der Waals surface area contributed by atoms with E-state index in [1.807, 2.05) is 13.8 Å². The van der Waals surface area contributed by atoms with Crippen LogP contribution in [0.25, 0.3) is 11.4 Å². The Labute approximate surface area is 137 Å². The Hall–Kier alpha value is -2.38. The molecule has 8 heteroatoms. The molecule has 0 saturated carbocycles. The molecule has 130 valence electrons. The molecule has 2 aromatic rings. The van der Waals surface area contributed by atoms with Gasteiger partial charge in [0.25, 0.3) is 0 Å². The van der Waals surface area contributed by atoms with Gasteiger partial charge in [-0.05, 0) is 25.5 Å². The number of aryl methyl sites for hydroxylation is 1. The molecule has 1 heterocycles. The third-order valence-corrected chi connectivity index (χ3v) is 3.50. The van der Waals surface area contributed by atoms with Crippen LogP contribution in [0.5, 0.6) is 0 Å². The number of amides is 1. The molecule has 1 amide bonds. The second kappa shape index (κ2) is 7.46. The van der Waals surface area contributed by atoms with E-state index in [4.69, 9.17) is 4.52 Å². The van der Waals surface area contributed by atoms with Crippen molar-refractivity contribution in [2.24, 2.45) is 0 Å². The first-order valence-electron chi connectivity index (χ1n) is 7.59. The SMILES string of the molecule is CCC(C)NC(=O)CCc1nc(-c2cccc(C(F)(F)F)c2)no1. The topological polar surface area (TPSA) is 68.0 Å². The maximum Gasteiger partial charge on any atom is 0.416 e. The van der Waals surface area contributed by atoms with Crippen LogP contribution in [0.2, 0.25) is 0 Å². The molecule has 0 spiro atoms. The van der Waals surface area contributed by atoms with Crippen molar-refractivity contribution in [1.82, 2.24) is 15.5 Å². The molecule has 1 aromatic carbocycles. The molecule has 24 heavy (non-hydrogen) atoms. The van der Waals surface area contributed by atoms with E-state index in [0.29, 0.717) is 0 Å². The van der Waals surface area contributed by atoms with Crippen molar-refractivity contribution < 1.29 is 22.5 Å². The first kappa shape index (κ1) is 18.0. The van der Waals surface area contributed by atoms with E-state index in [9.17, 15) is 18.0 Å². The summed E-state index contributed by atoms with van der Waals surface area (Å²) in [5.41, 5.74) is -0.567. The summed E-state index contributed by atoms with van der Waals surface area (Å²) in [7, 11) is 0. The van der Waals surface area contributed by atoms with Gasteiger partial charge in [0.05, 0.1) is 5.56 Å². The Balaban J connectivity index is 2.02. The molecule has 0 aliphatic rings. The largest absolute Gasteiger partial charge is 0.416 e. The van der Waals surface area contributed by atoms with Gasteiger partial charge >= 0.3 is 6.18 Å². The zero-order chi connectivity index (χ0) is 17.7. The summed E-state index contributed by atoms with van der Waals surface area (Å²) in [4.78, 5) is 15.7. The molecule has 0 bridgehead atoms. The van der Waals surface area contributed by atoms with Crippen LogP contribution >= 0.6 is 0 Å². The molecule has 2 rings (SSSR count). The first-order valence-corrected chi connectivity index (χ1v) is 7.59. The quantitative estimate of drug-likeness (QED) is 0.872.